The van der Waals surface area contributed by atoms with Gasteiger partial charge in [0.1, 0.15) is 24.4 Å². The van der Waals surface area contributed by atoms with Gasteiger partial charge in [-0.15, -0.1) is 0 Å². The molecule has 2 amide bonds. The first-order valence-electron chi connectivity index (χ1n) is 10.00. The SMILES string of the molecule is CC(C)(C)OC(=O)NCCOC(=O)c1cncc(C(=O)OCCNC(=O)OC(C)(C)C)c1. The third kappa shape index (κ3) is 11.7. The first-order chi connectivity index (χ1) is 14.8. The smallest absolute Gasteiger partial charge is 0.407 e. The average Bonchev–Trinajstić information content (AvgIpc) is 2.65. The number of carbonyl (C=O) groups excluding carboxylic acids is 4. The zero-order valence-electron chi connectivity index (χ0n) is 19.3. The molecule has 1 aromatic rings. The van der Waals surface area contributed by atoms with Gasteiger partial charge in [0.25, 0.3) is 0 Å². The minimum absolute atomic E-state index is 0.0450. The van der Waals surface area contributed by atoms with Gasteiger partial charge in [-0.1, -0.05) is 0 Å². The molecular formula is C21H31N3O8. The Balaban J connectivity index is 2.41. The summed E-state index contributed by atoms with van der Waals surface area (Å²) < 4.78 is 20.2. The van der Waals surface area contributed by atoms with Crippen LogP contribution in [0, 0.1) is 0 Å². The molecular weight excluding hydrogens is 422 g/mol. The van der Waals surface area contributed by atoms with E-state index in [2.05, 4.69) is 15.6 Å². The minimum atomic E-state index is -0.718. The van der Waals surface area contributed by atoms with Crippen molar-refractivity contribution in [2.45, 2.75) is 52.7 Å². The van der Waals surface area contributed by atoms with E-state index in [1.807, 2.05) is 0 Å². The second kappa shape index (κ2) is 11.9. The Labute approximate surface area is 187 Å². The average molecular weight is 453 g/mol. The summed E-state index contributed by atoms with van der Waals surface area (Å²) in [4.78, 5) is 51.2. The highest BCUT2D eigenvalue weighted by molar-refractivity contribution is 5.94. The van der Waals surface area contributed by atoms with E-state index < -0.39 is 35.3 Å². The van der Waals surface area contributed by atoms with Crippen LogP contribution in [0.1, 0.15) is 62.3 Å². The van der Waals surface area contributed by atoms with Gasteiger partial charge in [0.15, 0.2) is 0 Å². The van der Waals surface area contributed by atoms with Crippen molar-refractivity contribution < 1.29 is 38.1 Å². The molecule has 0 aliphatic heterocycles. The van der Waals surface area contributed by atoms with Gasteiger partial charge in [-0.05, 0) is 47.6 Å². The van der Waals surface area contributed by atoms with Gasteiger partial charge in [-0.2, -0.15) is 0 Å². The third-order valence-corrected chi connectivity index (χ3v) is 3.22. The lowest BCUT2D eigenvalue weighted by atomic mass is 10.2. The Morgan fingerprint density at radius 2 is 1.12 bits per heavy atom. The minimum Gasteiger partial charge on any atom is -0.460 e. The maximum absolute atomic E-state index is 12.1. The Kier molecular flexibility index (Phi) is 9.89. The second-order valence-corrected chi connectivity index (χ2v) is 8.59. The molecule has 0 saturated heterocycles. The van der Waals surface area contributed by atoms with Gasteiger partial charge >= 0.3 is 24.1 Å². The number of esters is 2. The number of amides is 2. The van der Waals surface area contributed by atoms with Crippen molar-refractivity contribution in [2.75, 3.05) is 26.3 Å². The van der Waals surface area contributed by atoms with Crippen LogP contribution < -0.4 is 10.6 Å². The van der Waals surface area contributed by atoms with E-state index in [-0.39, 0.29) is 37.4 Å². The number of ether oxygens (including phenoxy) is 4. The predicted octanol–water partition coefficient (Wildman–Crippen LogP) is 2.44. The molecule has 0 atom stereocenters. The molecule has 0 unspecified atom stereocenters. The maximum atomic E-state index is 12.1. The molecule has 1 heterocycles. The molecule has 0 fully saturated rings. The second-order valence-electron chi connectivity index (χ2n) is 8.59. The lowest BCUT2D eigenvalue weighted by Crippen LogP contribution is -2.34. The molecule has 11 heteroatoms. The fourth-order valence-electron chi connectivity index (χ4n) is 2.05. The summed E-state index contributed by atoms with van der Waals surface area (Å²) in [5, 5.41) is 4.92. The topological polar surface area (TPSA) is 142 Å². The largest absolute Gasteiger partial charge is 0.460 e. The van der Waals surface area contributed by atoms with Gasteiger partial charge in [-0.25, -0.2) is 19.2 Å². The quantitative estimate of drug-likeness (QED) is 0.345. The van der Waals surface area contributed by atoms with Crippen molar-refractivity contribution in [3.63, 3.8) is 0 Å². The van der Waals surface area contributed by atoms with Crippen LogP contribution in [-0.4, -0.2) is 66.6 Å². The van der Waals surface area contributed by atoms with Gasteiger partial charge in [0.05, 0.1) is 24.2 Å². The van der Waals surface area contributed by atoms with Crippen molar-refractivity contribution in [3.05, 3.63) is 29.6 Å². The third-order valence-electron chi connectivity index (χ3n) is 3.22. The number of rotatable bonds is 8. The van der Waals surface area contributed by atoms with Crippen molar-refractivity contribution in [2.24, 2.45) is 0 Å². The predicted molar refractivity (Wildman–Crippen MR) is 113 cm³/mol. The standard InChI is InChI=1S/C21H31N3O8/c1-20(2,3)31-18(27)23-7-9-29-16(25)14-11-15(13-22-12-14)17(26)30-10-8-24-19(28)32-21(4,5)6/h11-13H,7-10H2,1-6H3,(H,23,27)(H,24,28). The van der Waals surface area contributed by atoms with E-state index in [1.165, 1.54) is 18.5 Å². The lowest BCUT2D eigenvalue weighted by molar-refractivity contribution is 0.0427. The normalized spacial score (nSPS) is 11.2. The molecule has 32 heavy (non-hydrogen) atoms. The summed E-state index contributed by atoms with van der Waals surface area (Å²) in [6.07, 6.45) is 1.23. The van der Waals surface area contributed by atoms with E-state index >= 15 is 0 Å². The number of carbonyl (C=O) groups is 4. The van der Waals surface area contributed by atoms with E-state index in [9.17, 15) is 19.2 Å². The molecule has 11 nitrogen and oxygen atoms in total. The van der Waals surface area contributed by atoms with Crippen molar-refractivity contribution in [1.29, 1.82) is 0 Å². The summed E-state index contributed by atoms with van der Waals surface area (Å²) in [7, 11) is 0. The number of pyridine rings is 1. The molecule has 0 radical (unpaired) electrons. The Bertz CT molecular complexity index is 749. The number of nitrogens with zero attached hydrogens (tertiary/aromatic N) is 1. The highest BCUT2D eigenvalue weighted by Gasteiger charge is 2.18. The summed E-state index contributed by atoms with van der Waals surface area (Å²) in [5.41, 5.74) is -1.17. The molecule has 0 aromatic carbocycles. The fourth-order valence-corrected chi connectivity index (χ4v) is 2.05. The van der Waals surface area contributed by atoms with Crippen LogP contribution in [0.5, 0.6) is 0 Å². The Hall–Kier alpha value is -3.37. The molecule has 0 spiro atoms. The molecule has 1 aromatic heterocycles. The zero-order chi connectivity index (χ0) is 24.4. The highest BCUT2D eigenvalue weighted by Crippen LogP contribution is 2.08. The molecule has 0 bridgehead atoms. The lowest BCUT2D eigenvalue weighted by Gasteiger charge is -2.19. The Morgan fingerprint density at radius 1 is 0.750 bits per heavy atom. The maximum Gasteiger partial charge on any atom is 0.407 e. The molecule has 0 saturated carbocycles. The summed E-state index contributed by atoms with van der Waals surface area (Å²) in [6.45, 7) is 10.3. The monoisotopic (exact) mass is 453 g/mol. The van der Waals surface area contributed by atoms with Crippen LogP contribution >= 0.6 is 0 Å². The highest BCUT2D eigenvalue weighted by atomic mass is 16.6. The first-order valence-corrected chi connectivity index (χ1v) is 10.00. The van der Waals surface area contributed by atoms with Crippen molar-refractivity contribution in [1.82, 2.24) is 15.6 Å². The van der Waals surface area contributed by atoms with E-state index in [0.29, 0.717) is 0 Å². The molecule has 0 aliphatic rings. The summed E-state index contributed by atoms with van der Waals surface area (Å²) >= 11 is 0. The van der Waals surface area contributed by atoms with Crippen molar-refractivity contribution >= 4 is 24.1 Å². The number of hydrogen-bond donors (Lipinski definition) is 2. The van der Waals surface area contributed by atoms with Crippen LogP contribution in [0.3, 0.4) is 0 Å². The molecule has 1 rings (SSSR count). The van der Waals surface area contributed by atoms with Crippen LogP contribution in [0.15, 0.2) is 18.5 Å². The van der Waals surface area contributed by atoms with E-state index in [4.69, 9.17) is 18.9 Å². The first kappa shape index (κ1) is 26.7. The number of aromatic nitrogens is 1. The number of hydrogen-bond acceptors (Lipinski definition) is 9. The van der Waals surface area contributed by atoms with E-state index in [1.54, 1.807) is 41.5 Å². The van der Waals surface area contributed by atoms with Gasteiger partial charge in [0.2, 0.25) is 0 Å². The van der Waals surface area contributed by atoms with E-state index in [0.717, 1.165) is 0 Å². The molecule has 0 aliphatic carbocycles. The van der Waals surface area contributed by atoms with Crippen LogP contribution in [-0.2, 0) is 18.9 Å². The summed E-state index contributed by atoms with van der Waals surface area (Å²) in [5.74, 6) is -1.44. The molecule has 178 valence electrons. The van der Waals surface area contributed by atoms with Crippen LogP contribution in [0.4, 0.5) is 9.59 Å². The Morgan fingerprint density at radius 3 is 1.47 bits per heavy atom. The van der Waals surface area contributed by atoms with Gasteiger partial charge < -0.3 is 29.6 Å². The zero-order valence-corrected chi connectivity index (χ0v) is 19.3. The van der Waals surface area contributed by atoms with Crippen LogP contribution in [0.2, 0.25) is 0 Å². The van der Waals surface area contributed by atoms with Gasteiger partial charge in [-0.3, -0.25) is 4.98 Å². The summed E-state index contributed by atoms with van der Waals surface area (Å²) in [6, 6.07) is 1.28. The van der Waals surface area contributed by atoms with Gasteiger partial charge in [0, 0.05) is 12.4 Å². The van der Waals surface area contributed by atoms with Crippen molar-refractivity contribution in [3.8, 4) is 0 Å². The molecule has 2 N–H and O–H groups in total. The number of nitrogens with one attached hydrogen (secondary N) is 2. The van der Waals surface area contributed by atoms with Crippen LogP contribution in [0.25, 0.3) is 0 Å². The fraction of sp³-hybridized carbons (Fsp3) is 0.571. The number of alkyl carbamates (subject to hydrolysis) is 2.